The van der Waals surface area contributed by atoms with Crippen molar-refractivity contribution in [2.24, 2.45) is 0 Å². The Morgan fingerprint density at radius 1 is 1.22 bits per heavy atom. The predicted molar refractivity (Wildman–Crippen MR) is 69.1 cm³/mol. The normalized spacial score (nSPS) is 11.2. The molecule has 0 amide bonds. The van der Waals surface area contributed by atoms with Crippen molar-refractivity contribution in [2.45, 2.75) is 25.0 Å². The summed E-state index contributed by atoms with van der Waals surface area (Å²) in [6.45, 7) is 4.73. The zero-order chi connectivity index (χ0) is 13.5. The highest BCUT2D eigenvalue weighted by atomic mass is 35.5. The van der Waals surface area contributed by atoms with E-state index in [2.05, 4.69) is 0 Å². The zero-order valence-corrected chi connectivity index (χ0v) is 11.8. The van der Waals surface area contributed by atoms with Crippen molar-refractivity contribution < 1.29 is 18.3 Å². The van der Waals surface area contributed by atoms with Gasteiger partial charge in [-0.15, -0.1) is 11.8 Å². The average molecular weight is 297 g/mol. The van der Waals surface area contributed by atoms with E-state index in [1.165, 1.54) is 17.8 Å². The lowest BCUT2D eigenvalue weighted by atomic mass is 10.3. The highest BCUT2D eigenvalue weighted by Crippen LogP contribution is 2.29. The van der Waals surface area contributed by atoms with E-state index >= 15 is 0 Å². The van der Waals surface area contributed by atoms with Crippen LogP contribution in [0.25, 0.3) is 0 Å². The van der Waals surface area contributed by atoms with Gasteiger partial charge in [-0.25, -0.2) is 8.78 Å². The number of thioether (sulfide) groups is 1. The van der Waals surface area contributed by atoms with Crippen LogP contribution < -0.4 is 0 Å². The molecular formula is C12H15ClF2O2S. The number of rotatable bonds is 7. The van der Waals surface area contributed by atoms with E-state index in [0.717, 1.165) is 6.07 Å². The first-order valence-corrected chi connectivity index (χ1v) is 6.96. The zero-order valence-electron chi connectivity index (χ0n) is 10.2. The van der Waals surface area contributed by atoms with Gasteiger partial charge in [0.05, 0.1) is 0 Å². The molecule has 18 heavy (non-hydrogen) atoms. The summed E-state index contributed by atoms with van der Waals surface area (Å²) in [5.74, 6) is -1.08. The summed E-state index contributed by atoms with van der Waals surface area (Å²) in [4.78, 5) is 0.283. The number of ether oxygens (including phenoxy) is 2. The highest BCUT2D eigenvalue weighted by Gasteiger charge is 2.15. The second-order valence-electron chi connectivity index (χ2n) is 3.32. The van der Waals surface area contributed by atoms with Gasteiger partial charge in [-0.1, -0.05) is 11.6 Å². The van der Waals surface area contributed by atoms with Crippen LogP contribution in [0.15, 0.2) is 17.0 Å². The van der Waals surface area contributed by atoms with Crippen LogP contribution in [0.5, 0.6) is 0 Å². The molecule has 1 rings (SSSR count). The molecule has 0 aromatic heterocycles. The lowest BCUT2D eigenvalue weighted by Crippen LogP contribution is -2.20. The molecule has 0 saturated carbocycles. The number of halogens is 3. The third-order valence-corrected chi connectivity index (χ3v) is 3.49. The molecule has 102 valence electrons. The molecule has 2 nitrogen and oxygen atoms in total. The van der Waals surface area contributed by atoms with Crippen molar-refractivity contribution in [3.63, 3.8) is 0 Å². The molecule has 0 bridgehead atoms. The van der Waals surface area contributed by atoms with Crippen molar-refractivity contribution in [3.8, 4) is 0 Å². The molecule has 0 N–H and O–H groups in total. The Bertz CT molecular complexity index is 385. The van der Waals surface area contributed by atoms with Crippen LogP contribution in [-0.2, 0) is 9.47 Å². The van der Waals surface area contributed by atoms with Gasteiger partial charge in [0.15, 0.2) is 12.1 Å². The summed E-state index contributed by atoms with van der Waals surface area (Å²) in [6.07, 6.45) is -0.409. The van der Waals surface area contributed by atoms with Crippen LogP contribution in [0.3, 0.4) is 0 Å². The first-order valence-electron chi connectivity index (χ1n) is 5.59. The van der Waals surface area contributed by atoms with Crippen LogP contribution in [0.4, 0.5) is 8.78 Å². The van der Waals surface area contributed by atoms with Crippen LogP contribution in [0, 0.1) is 11.6 Å². The number of hydrogen-bond donors (Lipinski definition) is 0. The van der Waals surface area contributed by atoms with E-state index in [0.29, 0.717) is 19.0 Å². The molecular weight excluding hydrogens is 282 g/mol. The van der Waals surface area contributed by atoms with Gasteiger partial charge in [0.25, 0.3) is 0 Å². The van der Waals surface area contributed by atoms with Gasteiger partial charge in [0, 0.05) is 23.9 Å². The first-order chi connectivity index (χ1) is 8.60. The quantitative estimate of drug-likeness (QED) is 0.428. The van der Waals surface area contributed by atoms with Gasteiger partial charge in [0.1, 0.15) is 10.8 Å². The second kappa shape index (κ2) is 7.94. The Labute approximate surface area is 115 Å². The lowest BCUT2D eigenvalue weighted by Gasteiger charge is -2.16. The van der Waals surface area contributed by atoms with Crippen molar-refractivity contribution in [3.05, 3.63) is 28.8 Å². The van der Waals surface area contributed by atoms with Gasteiger partial charge in [0.2, 0.25) is 0 Å². The minimum atomic E-state index is -0.760. The van der Waals surface area contributed by atoms with Crippen LogP contribution in [0.2, 0.25) is 5.02 Å². The monoisotopic (exact) mass is 296 g/mol. The van der Waals surface area contributed by atoms with E-state index in [-0.39, 0.29) is 4.90 Å². The second-order valence-corrected chi connectivity index (χ2v) is 4.76. The van der Waals surface area contributed by atoms with Crippen molar-refractivity contribution >= 4 is 23.4 Å². The molecule has 0 atom stereocenters. The Kier molecular flexibility index (Phi) is 6.92. The Morgan fingerprint density at radius 3 is 2.39 bits per heavy atom. The summed E-state index contributed by atoms with van der Waals surface area (Å²) in [6, 6.07) is 2.50. The summed E-state index contributed by atoms with van der Waals surface area (Å²) >= 11 is 6.68. The van der Waals surface area contributed by atoms with Crippen LogP contribution >= 0.6 is 23.4 Å². The number of hydrogen-bond acceptors (Lipinski definition) is 3. The molecule has 0 fully saturated rings. The highest BCUT2D eigenvalue weighted by molar-refractivity contribution is 7.99. The molecule has 0 aliphatic heterocycles. The summed E-state index contributed by atoms with van der Waals surface area (Å²) in [5.41, 5.74) is 0. The molecule has 0 saturated heterocycles. The molecule has 1 aromatic rings. The maximum absolute atomic E-state index is 13.6. The van der Waals surface area contributed by atoms with Gasteiger partial charge < -0.3 is 9.47 Å². The third-order valence-electron chi connectivity index (χ3n) is 2.08. The molecule has 0 aliphatic rings. The largest absolute Gasteiger partial charge is 0.352 e. The molecule has 0 radical (unpaired) electrons. The smallest absolute Gasteiger partial charge is 0.166 e. The van der Waals surface area contributed by atoms with E-state index < -0.39 is 22.9 Å². The molecule has 6 heteroatoms. The first kappa shape index (κ1) is 15.7. The Morgan fingerprint density at radius 2 is 1.83 bits per heavy atom. The maximum atomic E-state index is 13.6. The summed E-state index contributed by atoms with van der Waals surface area (Å²) < 4.78 is 37.2. The van der Waals surface area contributed by atoms with E-state index in [4.69, 9.17) is 21.1 Å². The van der Waals surface area contributed by atoms with Gasteiger partial charge in [-0.3, -0.25) is 0 Å². The molecule has 1 aromatic carbocycles. The molecule has 0 heterocycles. The van der Waals surface area contributed by atoms with Gasteiger partial charge in [-0.2, -0.15) is 0 Å². The Balaban J connectivity index is 2.64. The minimum Gasteiger partial charge on any atom is -0.352 e. The number of benzene rings is 1. The van der Waals surface area contributed by atoms with Gasteiger partial charge in [-0.05, 0) is 26.0 Å². The van der Waals surface area contributed by atoms with Crippen molar-refractivity contribution in [1.82, 2.24) is 0 Å². The lowest BCUT2D eigenvalue weighted by molar-refractivity contribution is -0.120. The fourth-order valence-electron chi connectivity index (χ4n) is 1.29. The van der Waals surface area contributed by atoms with Gasteiger partial charge >= 0.3 is 0 Å². The fraction of sp³-hybridized carbons (Fsp3) is 0.500. The maximum Gasteiger partial charge on any atom is 0.166 e. The van der Waals surface area contributed by atoms with E-state index in [1.807, 2.05) is 13.8 Å². The molecule has 0 spiro atoms. The van der Waals surface area contributed by atoms with E-state index in [9.17, 15) is 8.78 Å². The van der Waals surface area contributed by atoms with E-state index in [1.54, 1.807) is 0 Å². The van der Waals surface area contributed by atoms with Crippen LogP contribution in [0.1, 0.15) is 13.8 Å². The summed E-state index contributed by atoms with van der Waals surface area (Å²) in [7, 11) is 0. The minimum absolute atomic E-state index is 0.283. The average Bonchev–Trinajstić information content (AvgIpc) is 2.35. The SMILES string of the molecule is CCOC(CSc1ccc(F)c(Cl)c1F)OCC. The standard InChI is InChI=1S/C12H15ClF2O2S/c1-3-16-10(17-4-2)7-18-9-6-5-8(14)11(13)12(9)15/h5-6,10H,3-4,7H2,1-2H3. The Hall–Kier alpha value is -0.360. The van der Waals surface area contributed by atoms with Crippen molar-refractivity contribution in [2.75, 3.05) is 19.0 Å². The predicted octanol–water partition coefficient (Wildman–Crippen LogP) is 4.11. The van der Waals surface area contributed by atoms with Crippen LogP contribution in [-0.4, -0.2) is 25.3 Å². The molecule has 0 aliphatic carbocycles. The van der Waals surface area contributed by atoms with Crippen molar-refractivity contribution in [1.29, 1.82) is 0 Å². The third kappa shape index (κ3) is 4.39. The topological polar surface area (TPSA) is 18.5 Å². The molecule has 0 unspecified atom stereocenters. The summed E-state index contributed by atoms with van der Waals surface area (Å²) in [5, 5.41) is -0.482. The fourth-order valence-corrected chi connectivity index (χ4v) is 2.42.